The standard InChI is InChI=1S/C29H34N4O2/c1-20(2)33-27(34)25-8-5-4-7-24(25)26(28(35)32-13-6-14-32)29(33)11-15-31(16-12-29)19-22-10-9-21(3)23(17-22)18-30/h4-5,7-10,17,20,26H,6,11-16,19H2,1-3H3. The van der Waals surface area contributed by atoms with Crippen molar-refractivity contribution in [2.24, 2.45) is 0 Å². The SMILES string of the molecule is Cc1ccc(CN2CCC3(CC2)C(C(=O)N2CCC2)c2ccccc2C(=O)N3C(C)C)cc1C#N. The van der Waals surface area contributed by atoms with Crippen LogP contribution in [0.4, 0.5) is 0 Å². The van der Waals surface area contributed by atoms with Gasteiger partial charge in [-0.1, -0.05) is 30.3 Å². The number of amides is 2. The summed E-state index contributed by atoms with van der Waals surface area (Å²) in [6.07, 6.45) is 2.56. The van der Waals surface area contributed by atoms with E-state index in [9.17, 15) is 14.9 Å². The van der Waals surface area contributed by atoms with Crippen LogP contribution in [-0.2, 0) is 11.3 Å². The van der Waals surface area contributed by atoms with E-state index in [0.29, 0.717) is 5.56 Å². The first kappa shape index (κ1) is 23.6. The van der Waals surface area contributed by atoms with Crippen LogP contribution in [0.1, 0.15) is 71.6 Å². The Bertz CT molecular complexity index is 1190. The minimum Gasteiger partial charge on any atom is -0.342 e. The van der Waals surface area contributed by atoms with Gasteiger partial charge in [0, 0.05) is 44.3 Å². The molecule has 5 rings (SSSR count). The summed E-state index contributed by atoms with van der Waals surface area (Å²) in [6.45, 7) is 10.1. The summed E-state index contributed by atoms with van der Waals surface area (Å²) in [5, 5.41) is 9.41. The molecule has 2 saturated heterocycles. The van der Waals surface area contributed by atoms with Crippen molar-refractivity contribution < 1.29 is 9.59 Å². The van der Waals surface area contributed by atoms with E-state index >= 15 is 0 Å². The number of piperidine rings is 1. The second-order valence-electron chi connectivity index (χ2n) is 10.6. The van der Waals surface area contributed by atoms with Gasteiger partial charge in [0.1, 0.15) is 0 Å². The average Bonchev–Trinajstić information content (AvgIpc) is 2.80. The second-order valence-corrected chi connectivity index (χ2v) is 10.6. The Kier molecular flexibility index (Phi) is 6.14. The van der Waals surface area contributed by atoms with E-state index in [0.717, 1.165) is 74.2 Å². The Morgan fingerprint density at radius 3 is 2.46 bits per heavy atom. The van der Waals surface area contributed by atoms with Gasteiger partial charge in [-0.05, 0) is 68.9 Å². The molecule has 3 heterocycles. The highest BCUT2D eigenvalue weighted by atomic mass is 16.2. The van der Waals surface area contributed by atoms with E-state index < -0.39 is 5.54 Å². The summed E-state index contributed by atoms with van der Waals surface area (Å²) in [5.41, 5.74) is 3.90. The summed E-state index contributed by atoms with van der Waals surface area (Å²) in [6, 6.07) is 16.1. The van der Waals surface area contributed by atoms with Crippen LogP contribution in [0.2, 0.25) is 0 Å². The molecular weight excluding hydrogens is 436 g/mol. The Morgan fingerprint density at radius 2 is 1.83 bits per heavy atom. The third-order valence-corrected chi connectivity index (χ3v) is 8.22. The smallest absolute Gasteiger partial charge is 0.254 e. The third kappa shape index (κ3) is 3.92. The zero-order valence-electron chi connectivity index (χ0n) is 21.0. The van der Waals surface area contributed by atoms with Gasteiger partial charge in [-0.15, -0.1) is 0 Å². The molecule has 0 bridgehead atoms. The molecule has 2 aromatic rings. The van der Waals surface area contributed by atoms with E-state index in [1.165, 1.54) is 0 Å². The van der Waals surface area contributed by atoms with Crippen molar-refractivity contribution in [3.8, 4) is 6.07 Å². The van der Waals surface area contributed by atoms with Gasteiger partial charge in [0.05, 0.1) is 23.1 Å². The summed E-state index contributed by atoms with van der Waals surface area (Å²) in [4.78, 5) is 34.1. The van der Waals surface area contributed by atoms with Gasteiger partial charge in [0.2, 0.25) is 5.91 Å². The molecule has 35 heavy (non-hydrogen) atoms. The average molecular weight is 471 g/mol. The van der Waals surface area contributed by atoms with Crippen LogP contribution in [0, 0.1) is 18.3 Å². The van der Waals surface area contributed by atoms with Crippen molar-refractivity contribution in [3.05, 3.63) is 70.3 Å². The number of hydrogen-bond acceptors (Lipinski definition) is 4. The number of carbonyl (C=O) groups excluding carboxylic acids is 2. The Hall–Kier alpha value is -3.17. The molecule has 2 aromatic carbocycles. The maximum atomic E-state index is 13.9. The molecule has 2 amide bonds. The van der Waals surface area contributed by atoms with Gasteiger partial charge in [0.15, 0.2) is 0 Å². The number of hydrogen-bond donors (Lipinski definition) is 0. The van der Waals surface area contributed by atoms with Crippen LogP contribution in [0.15, 0.2) is 42.5 Å². The number of carbonyl (C=O) groups is 2. The Labute approximate surface area is 208 Å². The van der Waals surface area contributed by atoms with Gasteiger partial charge >= 0.3 is 0 Å². The van der Waals surface area contributed by atoms with Crippen LogP contribution in [-0.4, -0.2) is 64.3 Å². The van der Waals surface area contributed by atoms with Crippen LogP contribution in [0.5, 0.6) is 0 Å². The quantitative estimate of drug-likeness (QED) is 0.675. The Morgan fingerprint density at radius 1 is 1.11 bits per heavy atom. The predicted octanol–water partition coefficient (Wildman–Crippen LogP) is 4.08. The lowest BCUT2D eigenvalue weighted by Gasteiger charge is -2.57. The van der Waals surface area contributed by atoms with E-state index in [4.69, 9.17) is 0 Å². The molecule has 2 fully saturated rings. The minimum absolute atomic E-state index is 0.00406. The number of rotatable bonds is 4. The monoisotopic (exact) mass is 470 g/mol. The van der Waals surface area contributed by atoms with Crippen molar-refractivity contribution in [1.29, 1.82) is 5.26 Å². The van der Waals surface area contributed by atoms with E-state index in [-0.39, 0.29) is 23.8 Å². The number of nitriles is 1. The maximum absolute atomic E-state index is 13.9. The van der Waals surface area contributed by atoms with Crippen LogP contribution < -0.4 is 0 Å². The van der Waals surface area contributed by atoms with Gasteiger partial charge in [-0.2, -0.15) is 5.26 Å². The number of benzene rings is 2. The van der Waals surface area contributed by atoms with E-state index in [2.05, 4.69) is 30.9 Å². The van der Waals surface area contributed by atoms with Crippen molar-refractivity contribution in [2.45, 2.75) is 64.1 Å². The molecule has 6 heteroatoms. The highest BCUT2D eigenvalue weighted by molar-refractivity contribution is 6.02. The molecule has 3 aliphatic heterocycles. The zero-order valence-corrected chi connectivity index (χ0v) is 21.0. The van der Waals surface area contributed by atoms with Gasteiger partial charge in [-0.25, -0.2) is 0 Å². The van der Waals surface area contributed by atoms with Crippen LogP contribution >= 0.6 is 0 Å². The maximum Gasteiger partial charge on any atom is 0.254 e. The number of aryl methyl sites for hydroxylation is 1. The highest BCUT2D eigenvalue weighted by Crippen LogP contribution is 2.49. The van der Waals surface area contributed by atoms with Crippen molar-refractivity contribution >= 4 is 11.8 Å². The van der Waals surface area contributed by atoms with Crippen molar-refractivity contribution in [1.82, 2.24) is 14.7 Å². The lowest BCUT2D eigenvalue weighted by Crippen LogP contribution is -2.67. The highest BCUT2D eigenvalue weighted by Gasteiger charge is 2.57. The fourth-order valence-electron chi connectivity index (χ4n) is 6.31. The van der Waals surface area contributed by atoms with E-state index in [1.807, 2.05) is 53.1 Å². The number of likely N-dealkylation sites (tertiary alicyclic amines) is 2. The molecule has 0 radical (unpaired) electrons. The van der Waals surface area contributed by atoms with Crippen molar-refractivity contribution in [2.75, 3.05) is 26.2 Å². The summed E-state index contributed by atoms with van der Waals surface area (Å²) < 4.78 is 0. The molecule has 0 aliphatic carbocycles. The lowest BCUT2D eigenvalue weighted by atomic mass is 9.66. The first-order valence-corrected chi connectivity index (χ1v) is 12.8. The molecule has 6 nitrogen and oxygen atoms in total. The topological polar surface area (TPSA) is 67.7 Å². The Balaban J connectivity index is 1.48. The summed E-state index contributed by atoms with van der Waals surface area (Å²) in [5.74, 6) is -0.104. The fourth-order valence-corrected chi connectivity index (χ4v) is 6.31. The molecule has 1 atom stereocenters. The molecule has 1 unspecified atom stereocenters. The van der Waals surface area contributed by atoms with Crippen molar-refractivity contribution in [3.63, 3.8) is 0 Å². The number of fused-ring (bicyclic) bond motifs is 1. The van der Waals surface area contributed by atoms with Gasteiger partial charge in [-0.3, -0.25) is 14.5 Å². The molecular formula is C29H34N4O2. The van der Waals surface area contributed by atoms with E-state index in [1.54, 1.807) is 0 Å². The largest absolute Gasteiger partial charge is 0.342 e. The van der Waals surface area contributed by atoms with Gasteiger partial charge < -0.3 is 9.80 Å². The second kappa shape index (κ2) is 9.13. The molecule has 182 valence electrons. The minimum atomic E-state index is -0.520. The molecule has 3 aliphatic rings. The zero-order chi connectivity index (χ0) is 24.7. The molecule has 0 saturated carbocycles. The summed E-state index contributed by atoms with van der Waals surface area (Å²) >= 11 is 0. The molecule has 0 aromatic heterocycles. The predicted molar refractivity (Wildman–Crippen MR) is 135 cm³/mol. The normalized spacial score (nSPS) is 21.6. The third-order valence-electron chi connectivity index (χ3n) is 8.22. The van der Waals surface area contributed by atoms with Gasteiger partial charge in [0.25, 0.3) is 5.91 Å². The first-order chi connectivity index (χ1) is 16.9. The lowest BCUT2D eigenvalue weighted by molar-refractivity contribution is -0.142. The number of nitrogens with zero attached hydrogens (tertiary/aromatic N) is 4. The molecule has 0 N–H and O–H groups in total. The molecule has 1 spiro atoms. The van der Waals surface area contributed by atoms with Crippen LogP contribution in [0.25, 0.3) is 0 Å². The fraction of sp³-hybridized carbons (Fsp3) is 0.483. The first-order valence-electron chi connectivity index (χ1n) is 12.8. The van der Waals surface area contributed by atoms with Crippen LogP contribution in [0.3, 0.4) is 0 Å². The summed E-state index contributed by atoms with van der Waals surface area (Å²) in [7, 11) is 0.